The molecule has 0 bridgehead atoms. The summed E-state index contributed by atoms with van der Waals surface area (Å²) in [7, 11) is 2.13. The number of aromatic amines is 1. The summed E-state index contributed by atoms with van der Waals surface area (Å²) in [6.07, 6.45) is 4.04. The maximum absolute atomic E-state index is 4.44. The van der Waals surface area contributed by atoms with Gasteiger partial charge in [0.1, 0.15) is 5.82 Å². The molecule has 0 saturated heterocycles. The summed E-state index contributed by atoms with van der Waals surface area (Å²) in [6.45, 7) is 1.95. The van der Waals surface area contributed by atoms with Gasteiger partial charge in [0.15, 0.2) is 0 Å². The molecule has 2 aromatic rings. The minimum absolute atomic E-state index is 0.868. The Hall–Kier alpha value is -1.26. The molecule has 0 saturated carbocycles. The van der Waals surface area contributed by atoms with Crippen LogP contribution in [0.1, 0.15) is 5.82 Å². The van der Waals surface area contributed by atoms with E-state index in [1.165, 1.54) is 5.56 Å². The van der Waals surface area contributed by atoms with Crippen molar-refractivity contribution in [1.82, 2.24) is 14.9 Å². The van der Waals surface area contributed by atoms with Gasteiger partial charge in [0, 0.05) is 12.3 Å². The molecule has 1 aromatic carbocycles. The molecule has 1 heterocycles. The van der Waals surface area contributed by atoms with Crippen LogP contribution in [-0.4, -0.2) is 40.5 Å². The highest BCUT2D eigenvalue weighted by molar-refractivity contribution is 7.98. The SMILES string of the molecule is CSCCN(C)Cc1ncc(-c2ccccc2)[nH]1. The van der Waals surface area contributed by atoms with Gasteiger partial charge >= 0.3 is 0 Å². The van der Waals surface area contributed by atoms with E-state index in [2.05, 4.69) is 40.3 Å². The van der Waals surface area contributed by atoms with Crippen LogP contribution in [0.4, 0.5) is 0 Å². The lowest BCUT2D eigenvalue weighted by molar-refractivity contribution is 0.340. The van der Waals surface area contributed by atoms with Crippen LogP contribution < -0.4 is 0 Å². The van der Waals surface area contributed by atoms with Crippen molar-refractivity contribution < 1.29 is 0 Å². The highest BCUT2D eigenvalue weighted by Crippen LogP contribution is 2.16. The van der Waals surface area contributed by atoms with Crippen LogP contribution in [0.5, 0.6) is 0 Å². The second-order valence-corrected chi connectivity index (χ2v) is 5.33. The number of imidazole rings is 1. The lowest BCUT2D eigenvalue weighted by Gasteiger charge is -2.13. The molecular formula is C14H19N3S. The summed E-state index contributed by atoms with van der Waals surface area (Å²) < 4.78 is 0. The largest absolute Gasteiger partial charge is 0.341 e. The van der Waals surface area contributed by atoms with Crippen LogP contribution in [0.15, 0.2) is 36.5 Å². The third-order valence-electron chi connectivity index (χ3n) is 2.81. The quantitative estimate of drug-likeness (QED) is 0.867. The van der Waals surface area contributed by atoms with E-state index < -0.39 is 0 Å². The number of benzene rings is 1. The standard InChI is InChI=1S/C14H19N3S/c1-17(8-9-18-2)11-14-15-10-13(16-14)12-6-4-3-5-7-12/h3-7,10H,8-9,11H2,1-2H3,(H,15,16). The second-order valence-electron chi connectivity index (χ2n) is 4.34. The van der Waals surface area contributed by atoms with Crippen molar-refractivity contribution in [3.63, 3.8) is 0 Å². The molecular weight excluding hydrogens is 242 g/mol. The first-order chi connectivity index (χ1) is 8.79. The second kappa shape index (κ2) is 6.61. The van der Waals surface area contributed by atoms with E-state index in [1.807, 2.05) is 36.2 Å². The topological polar surface area (TPSA) is 31.9 Å². The predicted octanol–water partition coefficient (Wildman–Crippen LogP) is 2.87. The fraction of sp³-hybridized carbons (Fsp3) is 0.357. The Morgan fingerprint density at radius 2 is 2.06 bits per heavy atom. The van der Waals surface area contributed by atoms with Crippen LogP contribution in [0.25, 0.3) is 11.3 Å². The predicted molar refractivity (Wildman–Crippen MR) is 78.7 cm³/mol. The first-order valence-corrected chi connectivity index (χ1v) is 7.46. The van der Waals surface area contributed by atoms with Gasteiger partial charge in [0.25, 0.3) is 0 Å². The van der Waals surface area contributed by atoms with Crippen molar-refractivity contribution in [1.29, 1.82) is 0 Å². The highest BCUT2D eigenvalue weighted by Gasteiger charge is 2.05. The molecule has 0 aliphatic carbocycles. The van der Waals surface area contributed by atoms with E-state index in [0.29, 0.717) is 0 Å². The minimum Gasteiger partial charge on any atom is -0.341 e. The Labute approximate surface area is 113 Å². The molecule has 2 rings (SSSR count). The minimum atomic E-state index is 0.868. The Balaban J connectivity index is 1.98. The average molecular weight is 261 g/mol. The van der Waals surface area contributed by atoms with E-state index in [1.54, 1.807) is 0 Å². The van der Waals surface area contributed by atoms with Gasteiger partial charge in [-0.1, -0.05) is 30.3 Å². The monoisotopic (exact) mass is 261 g/mol. The molecule has 0 aliphatic heterocycles. The number of rotatable bonds is 6. The molecule has 0 amide bonds. The highest BCUT2D eigenvalue weighted by atomic mass is 32.2. The number of hydrogen-bond donors (Lipinski definition) is 1. The molecule has 96 valence electrons. The van der Waals surface area contributed by atoms with Gasteiger partial charge in [-0.15, -0.1) is 0 Å². The molecule has 3 nitrogen and oxygen atoms in total. The normalized spacial score (nSPS) is 11.1. The van der Waals surface area contributed by atoms with Gasteiger partial charge in [-0.05, 0) is 18.9 Å². The molecule has 1 N–H and O–H groups in total. The third-order valence-corrected chi connectivity index (χ3v) is 3.40. The molecule has 4 heteroatoms. The number of hydrogen-bond acceptors (Lipinski definition) is 3. The summed E-state index contributed by atoms with van der Waals surface area (Å²) >= 11 is 1.87. The van der Waals surface area contributed by atoms with Gasteiger partial charge in [0.05, 0.1) is 18.4 Å². The zero-order valence-electron chi connectivity index (χ0n) is 10.9. The number of H-pyrrole nitrogens is 1. The number of nitrogens with zero attached hydrogens (tertiary/aromatic N) is 2. The van der Waals surface area contributed by atoms with Crippen molar-refractivity contribution in [2.45, 2.75) is 6.54 Å². The van der Waals surface area contributed by atoms with Crippen LogP contribution in [0, 0.1) is 0 Å². The Kier molecular flexibility index (Phi) is 4.84. The van der Waals surface area contributed by atoms with E-state index in [-0.39, 0.29) is 0 Å². The van der Waals surface area contributed by atoms with E-state index in [9.17, 15) is 0 Å². The molecule has 0 radical (unpaired) electrons. The van der Waals surface area contributed by atoms with Crippen molar-refractivity contribution in [3.8, 4) is 11.3 Å². The molecule has 0 atom stereocenters. The van der Waals surface area contributed by atoms with Crippen molar-refractivity contribution >= 4 is 11.8 Å². The smallest absolute Gasteiger partial charge is 0.120 e. The van der Waals surface area contributed by atoms with Crippen LogP contribution in [0.2, 0.25) is 0 Å². The van der Waals surface area contributed by atoms with Crippen molar-refractivity contribution in [2.75, 3.05) is 25.6 Å². The summed E-state index contributed by atoms with van der Waals surface area (Å²) in [5.41, 5.74) is 2.27. The van der Waals surface area contributed by atoms with Crippen molar-refractivity contribution in [2.24, 2.45) is 0 Å². The number of nitrogens with one attached hydrogen (secondary N) is 1. The van der Waals surface area contributed by atoms with Gasteiger partial charge in [-0.25, -0.2) is 4.98 Å². The van der Waals surface area contributed by atoms with Crippen molar-refractivity contribution in [3.05, 3.63) is 42.4 Å². The Morgan fingerprint density at radius 1 is 1.28 bits per heavy atom. The lowest BCUT2D eigenvalue weighted by atomic mass is 10.2. The molecule has 18 heavy (non-hydrogen) atoms. The maximum Gasteiger partial charge on any atom is 0.120 e. The summed E-state index contributed by atoms with van der Waals surface area (Å²) in [4.78, 5) is 10.1. The number of aromatic nitrogens is 2. The van der Waals surface area contributed by atoms with E-state index in [0.717, 1.165) is 30.4 Å². The zero-order chi connectivity index (χ0) is 12.8. The van der Waals surface area contributed by atoms with E-state index in [4.69, 9.17) is 0 Å². The lowest BCUT2D eigenvalue weighted by Crippen LogP contribution is -2.21. The molecule has 0 fully saturated rings. The fourth-order valence-corrected chi connectivity index (χ4v) is 2.28. The Morgan fingerprint density at radius 3 is 2.78 bits per heavy atom. The third kappa shape index (κ3) is 3.62. The summed E-state index contributed by atoms with van der Waals surface area (Å²) in [6, 6.07) is 10.3. The van der Waals surface area contributed by atoms with E-state index >= 15 is 0 Å². The Bertz CT molecular complexity index is 467. The van der Waals surface area contributed by atoms with Gasteiger partial charge in [0.2, 0.25) is 0 Å². The first-order valence-electron chi connectivity index (χ1n) is 6.06. The summed E-state index contributed by atoms with van der Waals surface area (Å²) in [5, 5.41) is 0. The van der Waals surface area contributed by atoms with Gasteiger partial charge in [-0.2, -0.15) is 11.8 Å². The molecule has 1 aromatic heterocycles. The molecule has 0 unspecified atom stereocenters. The zero-order valence-corrected chi connectivity index (χ0v) is 11.7. The van der Waals surface area contributed by atoms with Gasteiger partial charge in [-0.3, -0.25) is 4.90 Å². The van der Waals surface area contributed by atoms with Crippen LogP contribution in [0.3, 0.4) is 0 Å². The van der Waals surface area contributed by atoms with Gasteiger partial charge < -0.3 is 4.98 Å². The van der Waals surface area contributed by atoms with Crippen LogP contribution >= 0.6 is 11.8 Å². The maximum atomic E-state index is 4.44. The number of thioether (sulfide) groups is 1. The van der Waals surface area contributed by atoms with Crippen LogP contribution in [-0.2, 0) is 6.54 Å². The summed E-state index contributed by atoms with van der Waals surface area (Å²) in [5.74, 6) is 2.18. The molecule has 0 spiro atoms. The first kappa shape index (κ1) is 13.2. The average Bonchev–Trinajstić information content (AvgIpc) is 2.86. The molecule has 0 aliphatic rings. The fourth-order valence-electron chi connectivity index (χ4n) is 1.79.